The van der Waals surface area contributed by atoms with E-state index in [4.69, 9.17) is 9.84 Å². The lowest BCUT2D eigenvalue weighted by Gasteiger charge is -2.37. The van der Waals surface area contributed by atoms with Gasteiger partial charge in [-0.05, 0) is 64.2 Å². The Labute approximate surface area is 212 Å². The van der Waals surface area contributed by atoms with E-state index in [0.29, 0.717) is 19.4 Å². The van der Waals surface area contributed by atoms with Gasteiger partial charge in [-0.1, -0.05) is 46.3 Å². The Balaban J connectivity index is 2.41. The minimum absolute atomic E-state index is 0.0297. The fourth-order valence-electron chi connectivity index (χ4n) is 6.26. The van der Waals surface area contributed by atoms with Crippen LogP contribution in [0.4, 0.5) is 0 Å². The minimum atomic E-state index is -0.656. The van der Waals surface area contributed by atoms with Crippen LogP contribution in [0.2, 0.25) is 0 Å². The van der Waals surface area contributed by atoms with Gasteiger partial charge in [-0.15, -0.1) is 0 Å². The molecule has 1 heterocycles. The quantitative estimate of drug-likeness (QED) is 0.243. The van der Waals surface area contributed by atoms with E-state index in [1.54, 1.807) is 11.8 Å². The molecule has 0 aromatic heterocycles. The van der Waals surface area contributed by atoms with Crippen LogP contribution in [0.1, 0.15) is 87.0 Å². The second kappa shape index (κ2) is 12.4. The lowest BCUT2D eigenvalue weighted by molar-refractivity contribution is -0.155. The van der Waals surface area contributed by atoms with E-state index < -0.39 is 23.4 Å². The maximum absolute atomic E-state index is 13.8. The lowest BCUT2D eigenvalue weighted by atomic mass is 9.68. The van der Waals surface area contributed by atoms with Gasteiger partial charge in [-0.2, -0.15) is 0 Å². The zero-order chi connectivity index (χ0) is 26.4. The summed E-state index contributed by atoms with van der Waals surface area (Å²) in [4.78, 5) is 42.4. The van der Waals surface area contributed by atoms with Crippen LogP contribution < -0.4 is 5.32 Å². The Morgan fingerprint density at radius 1 is 1.09 bits per heavy atom. The summed E-state index contributed by atoms with van der Waals surface area (Å²) in [5, 5.41) is 12.4. The van der Waals surface area contributed by atoms with E-state index in [1.807, 2.05) is 26.0 Å². The van der Waals surface area contributed by atoms with E-state index in [9.17, 15) is 14.4 Å². The van der Waals surface area contributed by atoms with Crippen molar-refractivity contribution in [2.45, 2.75) is 98.6 Å². The summed E-state index contributed by atoms with van der Waals surface area (Å²) in [5.41, 5.74) is -0.412. The molecule has 35 heavy (non-hydrogen) atoms. The SMILES string of the molecule is CCC[C@@H]1C=C[C@H]2[C@@H](C(=O)N(CCCCCO)[C@@H]2C(=O)NC(C)(C)CC(C)(C)C)[C@@H]1C(=O)OCC. The second-order valence-electron chi connectivity index (χ2n) is 12.1. The number of aliphatic hydroxyl groups is 1. The number of fused-ring (bicyclic) bond motifs is 1. The number of hydrogen-bond donors (Lipinski definition) is 2. The molecule has 2 amide bonds. The summed E-state index contributed by atoms with van der Waals surface area (Å²) >= 11 is 0. The monoisotopic (exact) mass is 492 g/mol. The van der Waals surface area contributed by atoms with Crippen molar-refractivity contribution in [3.05, 3.63) is 12.2 Å². The van der Waals surface area contributed by atoms with E-state index in [2.05, 4.69) is 33.0 Å². The number of nitrogens with one attached hydrogen (secondary N) is 1. The van der Waals surface area contributed by atoms with Crippen molar-refractivity contribution in [3.8, 4) is 0 Å². The van der Waals surface area contributed by atoms with Gasteiger partial charge in [0.15, 0.2) is 0 Å². The molecule has 0 unspecified atom stereocenters. The molecule has 0 aromatic carbocycles. The molecule has 7 heteroatoms. The first kappa shape index (κ1) is 29.3. The maximum atomic E-state index is 13.8. The normalized spacial score (nSPS) is 26.6. The van der Waals surface area contributed by atoms with Gasteiger partial charge in [0.05, 0.1) is 18.4 Å². The third kappa shape index (κ3) is 7.55. The van der Waals surface area contributed by atoms with Crippen molar-refractivity contribution in [2.75, 3.05) is 19.8 Å². The van der Waals surface area contributed by atoms with Crippen LogP contribution >= 0.6 is 0 Å². The molecule has 200 valence electrons. The molecule has 0 aromatic rings. The molecule has 0 bridgehead atoms. The number of carbonyl (C=O) groups excluding carboxylic acids is 3. The number of allylic oxidation sites excluding steroid dienone is 1. The Morgan fingerprint density at radius 2 is 1.77 bits per heavy atom. The number of unbranched alkanes of at least 4 members (excludes halogenated alkanes) is 2. The van der Waals surface area contributed by atoms with Crippen LogP contribution in [0.15, 0.2) is 12.2 Å². The lowest BCUT2D eigenvalue weighted by Crippen LogP contribution is -2.54. The van der Waals surface area contributed by atoms with Crippen molar-refractivity contribution >= 4 is 17.8 Å². The molecule has 1 fully saturated rings. The smallest absolute Gasteiger partial charge is 0.310 e. The van der Waals surface area contributed by atoms with Crippen LogP contribution in [0, 0.1) is 29.1 Å². The zero-order valence-electron chi connectivity index (χ0n) is 22.9. The van der Waals surface area contributed by atoms with Crippen LogP contribution in [0.5, 0.6) is 0 Å². The average Bonchev–Trinajstić information content (AvgIpc) is 3.01. The molecule has 0 saturated carbocycles. The molecule has 2 aliphatic rings. The minimum Gasteiger partial charge on any atom is -0.466 e. The third-order valence-electron chi connectivity index (χ3n) is 7.05. The number of carbonyl (C=O) groups is 3. The predicted octanol–water partition coefficient (Wildman–Crippen LogP) is 4.09. The van der Waals surface area contributed by atoms with Crippen molar-refractivity contribution in [2.24, 2.45) is 29.1 Å². The summed E-state index contributed by atoms with van der Waals surface area (Å²) in [6.45, 7) is 15.1. The number of rotatable bonds is 12. The number of esters is 1. The molecule has 0 radical (unpaired) electrons. The van der Waals surface area contributed by atoms with Gasteiger partial charge >= 0.3 is 5.97 Å². The van der Waals surface area contributed by atoms with Gasteiger partial charge in [0.2, 0.25) is 11.8 Å². The topological polar surface area (TPSA) is 95.9 Å². The average molecular weight is 493 g/mol. The maximum Gasteiger partial charge on any atom is 0.310 e. The highest BCUT2D eigenvalue weighted by atomic mass is 16.5. The van der Waals surface area contributed by atoms with Crippen LogP contribution in [-0.2, 0) is 19.1 Å². The van der Waals surface area contributed by atoms with E-state index in [1.165, 1.54) is 0 Å². The fourth-order valence-corrected chi connectivity index (χ4v) is 6.26. The van der Waals surface area contributed by atoms with Crippen molar-refractivity contribution in [1.29, 1.82) is 0 Å². The van der Waals surface area contributed by atoms with Crippen LogP contribution in [0.3, 0.4) is 0 Å². The standard InChI is InChI=1S/C28H48N2O5/c1-8-13-19-14-15-20-22(21(19)26(34)35-9-2)25(33)30(16-11-10-12-17-31)23(20)24(32)29-28(6,7)18-27(3,4)5/h14-15,19-23,31H,8-13,16-18H2,1-7H3,(H,29,32)/t19-,20+,21-,22-,23+/m1/s1. The predicted molar refractivity (Wildman–Crippen MR) is 137 cm³/mol. The molecule has 2 rings (SSSR count). The Kier molecular flexibility index (Phi) is 10.4. The molecular formula is C28H48N2O5. The van der Waals surface area contributed by atoms with Gasteiger partial charge in [-0.3, -0.25) is 14.4 Å². The van der Waals surface area contributed by atoms with Gasteiger partial charge in [0.25, 0.3) is 0 Å². The number of ether oxygens (including phenoxy) is 1. The van der Waals surface area contributed by atoms with E-state index in [0.717, 1.165) is 25.7 Å². The van der Waals surface area contributed by atoms with Crippen molar-refractivity contribution in [1.82, 2.24) is 10.2 Å². The first-order valence-corrected chi connectivity index (χ1v) is 13.4. The van der Waals surface area contributed by atoms with E-state index >= 15 is 0 Å². The highest BCUT2D eigenvalue weighted by Crippen LogP contribution is 2.46. The van der Waals surface area contributed by atoms with Crippen LogP contribution in [0.25, 0.3) is 0 Å². The first-order valence-electron chi connectivity index (χ1n) is 13.4. The number of hydrogen-bond acceptors (Lipinski definition) is 5. The van der Waals surface area contributed by atoms with Gasteiger partial charge < -0.3 is 20.1 Å². The molecule has 1 aliphatic carbocycles. The molecule has 7 nitrogen and oxygen atoms in total. The summed E-state index contributed by atoms with van der Waals surface area (Å²) in [6.07, 6.45) is 8.66. The highest BCUT2D eigenvalue weighted by Gasteiger charge is 2.57. The Hall–Kier alpha value is -1.89. The molecule has 1 saturated heterocycles. The largest absolute Gasteiger partial charge is 0.466 e. The second-order valence-corrected chi connectivity index (χ2v) is 12.1. The van der Waals surface area contributed by atoms with Crippen molar-refractivity contribution < 1.29 is 24.2 Å². The van der Waals surface area contributed by atoms with Crippen molar-refractivity contribution in [3.63, 3.8) is 0 Å². The summed E-state index contributed by atoms with van der Waals surface area (Å²) in [5.74, 6) is -2.23. The summed E-state index contributed by atoms with van der Waals surface area (Å²) in [7, 11) is 0. The van der Waals surface area contributed by atoms with E-state index in [-0.39, 0.29) is 48.2 Å². The third-order valence-corrected chi connectivity index (χ3v) is 7.05. The first-order chi connectivity index (χ1) is 16.4. The Bertz CT molecular complexity index is 770. The molecule has 2 N–H and O–H groups in total. The van der Waals surface area contributed by atoms with Gasteiger partial charge in [0, 0.05) is 24.6 Å². The zero-order valence-corrected chi connectivity index (χ0v) is 22.9. The molecule has 0 spiro atoms. The highest BCUT2D eigenvalue weighted by molar-refractivity contribution is 5.96. The van der Waals surface area contributed by atoms with Gasteiger partial charge in [0.1, 0.15) is 6.04 Å². The molecular weight excluding hydrogens is 444 g/mol. The molecule has 1 aliphatic heterocycles. The number of amides is 2. The summed E-state index contributed by atoms with van der Waals surface area (Å²) < 4.78 is 5.42. The number of likely N-dealkylation sites (tertiary alicyclic amines) is 1. The molecule has 5 atom stereocenters. The number of nitrogens with zero attached hydrogens (tertiary/aromatic N) is 1. The number of aliphatic hydroxyl groups excluding tert-OH is 1. The fraction of sp³-hybridized carbons (Fsp3) is 0.821. The summed E-state index contributed by atoms with van der Waals surface area (Å²) in [6, 6.07) is -0.656. The van der Waals surface area contributed by atoms with Gasteiger partial charge in [-0.25, -0.2) is 0 Å². The Morgan fingerprint density at radius 3 is 2.34 bits per heavy atom. The van der Waals surface area contributed by atoms with Crippen LogP contribution in [-0.4, -0.2) is 59.1 Å².